The van der Waals surface area contributed by atoms with Gasteiger partial charge in [-0.25, -0.2) is 9.50 Å². The number of pyridine rings is 2. The number of aryl methyl sites for hydroxylation is 1. The monoisotopic (exact) mass is 413 g/mol. The Morgan fingerprint density at radius 1 is 1.00 bits per heavy atom. The van der Waals surface area contributed by atoms with Crippen LogP contribution in [-0.2, 0) is 6.61 Å². The number of aromatic nitrogens is 5. The standard InChI is InChI=1S/C22H19N7O2/c1-15-5-10-19-23-17(13-28(19)12-15)14-31-18-8-6-16(7-9-18)21(30)25-26-22-24-20-4-2-3-11-29(20)27-22/h2-13H,14H2,1H3,(H,25,30)(H,26,27). The van der Waals surface area contributed by atoms with Gasteiger partial charge in [0.2, 0.25) is 0 Å². The average molecular weight is 413 g/mol. The third-order valence-electron chi connectivity index (χ3n) is 4.68. The molecular weight excluding hydrogens is 394 g/mol. The number of hydrogen-bond acceptors (Lipinski definition) is 6. The summed E-state index contributed by atoms with van der Waals surface area (Å²) in [5.74, 6) is 0.656. The Morgan fingerprint density at radius 2 is 1.87 bits per heavy atom. The van der Waals surface area contributed by atoms with Crippen molar-refractivity contribution in [2.45, 2.75) is 13.5 Å². The molecule has 5 rings (SSSR count). The van der Waals surface area contributed by atoms with Crippen LogP contribution in [0.15, 0.2) is 73.2 Å². The first-order valence-corrected chi connectivity index (χ1v) is 9.69. The molecule has 9 nitrogen and oxygen atoms in total. The number of imidazole rings is 1. The molecule has 0 aliphatic rings. The molecule has 9 heteroatoms. The van der Waals surface area contributed by atoms with E-state index in [-0.39, 0.29) is 5.91 Å². The summed E-state index contributed by atoms with van der Waals surface area (Å²) in [6, 6.07) is 16.4. The molecule has 0 aliphatic heterocycles. The fourth-order valence-corrected chi connectivity index (χ4v) is 3.15. The van der Waals surface area contributed by atoms with Crippen LogP contribution in [0.25, 0.3) is 11.3 Å². The number of nitrogens with zero attached hydrogens (tertiary/aromatic N) is 5. The molecule has 0 aliphatic carbocycles. The van der Waals surface area contributed by atoms with Crippen LogP contribution in [0.2, 0.25) is 0 Å². The maximum absolute atomic E-state index is 12.4. The minimum absolute atomic E-state index is 0.305. The minimum atomic E-state index is -0.305. The number of fused-ring (bicyclic) bond motifs is 2. The molecule has 4 heterocycles. The molecule has 0 spiro atoms. The summed E-state index contributed by atoms with van der Waals surface area (Å²) >= 11 is 0. The van der Waals surface area contributed by atoms with E-state index in [9.17, 15) is 4.79 Å². The van der Waals surface area contributed by atoms with E-state index in [2.05, 4.69) is 25.9 Å². The van der Waals surface area contributed by atoms with E-state index in [4.69, 9.17) is 4.74 Å². The molecule has 5 aromatic rings. The topological polar surface area (TPSA) is 97.8 Å². The zero-order chi connectivity index (χ0) is 21.2. The lowest BCUT2D eigenvalue weighted by Crippen LogP contribution is -2.29. The number of anilines is 1. The molecule has 0 saturated heterocycles. The number of hydrogen-bond donors (Lipinski definition) is 2. The molecule has 0 radical (unpaired) electrons. The van der Waals surface area contributed by atoms with Crippen LogP contribution in [-0.4, -0.2) is 29.9 Å². The highest BCUT2D eigenvalue weighted by atomic mass is 16.5. The van der Waals surface area contributed by atoms with Crippen LogP contribution >= 0.6 is 0 Å². The number of benzene rings is 1. The molecular formula is C22H19N7O2. The van der Waals surface area contributed by atoms with Gasteiger partial charge in [0.25, 0.3) is 11.9 Å². The fourth-order valence-electron chi connectivity index (χ4n) is 3.15. The summed E-state index contributed by atoms with van der Waals surface area (Å²) in [7, 11) is 0. The predicted octanol–water partition coefficient (Wildman–Crippen LogP) is 3.02. The fraction of sp³-hybridized carbons (Fsp3) is 0.0909. The van der Waals surface area contributed by atoms with Gasteiger partial charge >= 0.3 is 0 Å². The molecule has 0 bridgehead atoms. The largest absolute Gasteiger partial charge is 0.487 e. The van der Waals surface area contributed by atoms with E-state index in [0.29, 0.717) is 29.5 Å². The first kappa shape index (κ1) is 18.6. The van der Waals surface area contributed by atoms with Gasteiger partial charge < -0.3 is 9.14 Å². The Hall–Kier alpha value is -4.40. The van der Waals surface area contributed by atoms with E-state index in [1.54, 1.807) is 35.0 Å². The van der Waals surface area contributed by atoms with Gasteiger partial charge in [0, 0.05) is 24.2 Å². The maximum Gasteiger partial charge on any atom is 0.269 e. The van der Waals surface area contributed by atoms with Gasteiger partial charge in [0.05, 0.1) is 5.69 Å². The number of rotatable bonds is 6. The molecule has 0 fully saturated rings. The predicted molar refractivity (Wildman–Crippen MR) is 115 cm³/mol. The highest BCUT2D eigenvalue weighted by Gasteiger charge is 2.08. The van der Waals surface area contributed by atoms with E-state index < -0.39 is 0 Å². The summed E-state index contributed by atoms with van der Waals surface area (Å²) in [5, 5.41) is 4.22. The van der Waals surface area contributed by atoms with E-state index in [1.807, 2.05) is 54.0 Å². The zero-order valence-corrected chi connectivity index (χ0v) is 16.7. The quantitative estimate of drug-likeness (QED) is 0.415. The lowest BCUT2D eigenvalue weighted by atomic mass is 10.2. The summed E-state index contributed by atoms with van der Waals surface area (Å²) in [6.45, 7) is 2.38. The molecule has 1 aromatic carbocycles. The summed E-state index contributed by atoms with van der Waals surface area (Å²) < 4.78 is 9.40. The Balaban J connectivity index is 1.18. The van der Waals surface area contributed by atoms with Crippen molar-refractivity contribution in [3.05, 3.63) is 90.0 Å². The van der Waals surface area contributed by atoms with Crippen molar-refractivity contribution >= 4 is 23.1 Å². The lowest BCUT2D eigenvalue weighted by molar-refractivity contribution is 0.0962. The van der Waals surface area contributed by atoms with E-state index in [1.165, 1.54) is 0 Å². The van der Waals surface area contributed by atoms with Crippen molar-refractivity contribution in [1.82, 2.24) is 29.4 Å². The summed E-state index contributed by atoms with van der Waals surface area (Å²) in [5.41, 5.74) is 9.35. The van der Waals surface area contributed by atoms with Gasteiger partial charge in [-0.1, -0.05) is 12.1 Å². The van der Waals surface area contributed by atoms with Crippen molar-refractivity contribution in [1.29, 1.82) is 0 Å². The van der Waals surface area contributed by atoms with Crippen molar-refractivity contribution in [2.24, 2.45) is 0 Å². The highest BCUT2D eigenvalue weighted by molar-refractivity contribution is 5.94. The number of amides is 1. The van der Waals surface area contributed by atoms with Crippen LogP contribution in [0.4, 0.5) is 5.95 Å². The summed E-state index contributed by atoms with van der Waals surface area (Å²) in [6.07, 6.45) is 5.75. The molecule has 0 unspecified atom stereocenters. The molecule has 0 saturated carbocycles. The van der Waals surface area contributed by atoms with Gasteiger partial charge in [0.1, 0.15) is 18.0 Å². The van der Waals surface area contributed by atoms with Crippen molar-refractivity contribution < 1.29 is 9.53 Å². The van der Waals surface area contributed by atoms with Gasteiger partial charge in [-0.15, -0.1) is 5.10 Å². The van der Waals surface area contributed by atoms with Crippen LogP contribution in [0.5, 0.6) is 5.75 Å². The SMILES string of the molecule is Cc1ccc2nc(COc3ccc(C(=O)NNc4nc5ccccn5n4)cc3)cn2c1. The number of hydrazine groups is 1. The summed E-state index contributed by atoms with van der Waals surface area (Å²) in [4.78, 5) is 21.2. The first-order valence-electron chi connectivity index (χ1n) is 9.69. The van der Waals surface area contributed by atoms with E-state index >= 15 is 0 Å². The Labute approximate surface area is 177 Å². The average Bonchev–Trinajstić information content (AvgIpc) is 3.39. The molecule has 4 aromatic heterocycles. The van der Waals surface area contributed by atoms with Crippen molar-refractivity contribution in [3.8, 4) is 5.75 Å². The third-order valence-corrected chi connectivity index (χ3v) is 4.68. The first-order chi connectivity index (χ1) is 15.1. The zero-order valence-electron chi connectivity index (χ0n) is 16.7. The van der Waals surface area contributed by atoms with Crippen molar-refractivity contribution in [2.75, 3.05) is 5.43 Å². The highest BCUT2D eigenvalue weighted by Crippen LogP contribution is 2.15. The molecule has 1 amide bonds. The number of nitrogens with one attached hydrogen (secondary N) is 2. The molecule has 2 N–H and O–H groups in total. The van der Waals surface area contributed by atoms with Crippen LogP contribution in [0, 0.1) is 6.92 Å². The van der Waals surface area contributed by atoms with Crippen LogP contribution < -0.4 is 15.6 Å². The van der Waals surface area contributed by atoms with Gasteiger partial charge in [0.15, 0.2) is 5.65 Å². The van der Waals surface area contributed by atoms with Gasteiger partial charge in [-0.05, 0) is 55.0 Å². The normalized spacial score (nSPS) is 11.0. The molecule has 31 heavy (non-hydrogen) atoms. The van der Waals surface area contributed by atoms with E-state index in [0.717, 1.165) is 16.9 Å². The van der Waals surface area contributed by atoms with Gasteiger partial charge in [-0.2, -0.15) is 4.98 Å². The van der Waals surface area contributed by atoms with Crippen LogP contribution in [0.1, 0.15) is 21.6 Å². The minimum Gasteiger partial charge on any atom is -0.487 e. The second-order valence-electron chi connectivity index (χ2n) is 7.04. The Bertz CT molecular complexity index is 1340. The second-order valence-corrected chi connectivity index (χ2v) is 7.04. The number of ether oxygens (including phenoxy) is 1. The third kappa shape index (κ3) is 4.01. The lowest BCUT2D eigenvalue weighted by Gasteiger charge is -2.07. The second kappa shape index (κ2) is 7.79. The van der Waals surface area contributed by atoms with Gasteiger partial charge in [-0.3, -0.25) is 15.6 Å². The Morgan fingerprint density at radius 3 is 2.71 bits per heavy atom. The number of carbonyl (C=O) groups excluding carboxylic acids is 1. The van der Waals surface area contributed by atoms with Crippen molar-refractivity contribution in [3.63, 3.8) is 0 Å². The van der Waals surface area contributed by atoms with Crippen LogP contribution in [0.3, 0.4) is 0 Å². The maximum atomic E-state index is 12.4. The Kier molecular flexibility index (Phi) is 4.68. The smallest absolute Gasteiger partial charge is 0.269 e. The molecule has 0 atom stereocenters. The molecule has 154 valence electrons. The number of carbonyl (C=O) groups is 1.